The van der Waals surface area contributed by atoms with Crippen molar-refractivity contribution >= 4 is 0 Å². The van der Waals surface area contributed by atoms with Crippen molar-refractivity contribution in [3.63, 3.8) is 0 Å². The van der Waals surface area contributed by atoms with Gasteiger partial charge in [-0.25, -0.2) is 0 Å². The highest BCUT2D eigenvalue weighted by Gasteiger charge is 2.21. The van der Waals surface area contributed by atoms with Gasteiger partial charge in [0, 0.05) is 7.11 Å². The fourth-order valence-electron chi connectivity index (χ4n) is 1.78. The molecule has 1 aliphatic rings. The van der Waals surface area contributed by atoms with Crippen molar-refractivity contribution in [3.8, 4) is 0 Å². The quantitative estimate of drug-likeness (QED) is 0.723. The van der Waals surface area contributed by atoms with Crippen molar-refractivity contribution < 1.29 is 14.6 Å². The van der Waals surface area contributed by atoms with Gasteiger partial charge in [0.25, 0.3) is 0 Å². The second-order valence-corrected chi connectivity index (χ2v) is 3.83. The van der Waals surface area contributed by atoms with Crippen LogP contribution in [0.15, 0.2) is 0 Å². The Morgan fingerprint density at radius 1 is 1.31 bits per heavy atom. The molecule has 1 aliphatic carbocycles. The Bertz CT molecular complexity index is 130. The predicted molar refractivity (Wildman–Crippen MR) is 50.7 cm³/mol. The van der Waals surface area contributed by atoms with E-state index in [2.05, 4.69) is 0 Å². The summed E-state index contributed by atoms with van der Waals surface area (Å²) in [5.41, 5.74) is 0. The van der Waals surface area contributed by atoms with Gasteiger partial charge in [-0.2, -0.15) is 0 Å². The number of hydrogen-bond acceptors (Lipinski definition) is 3. The molecular weight excluding hydrogens is 168 g/mol. The molecule has 3 heteroatoms. The summed E-state index contributed by atoms with van der Waals surface area (Å²) in [5, 5.41) is 9.28. The molecule has 0 radical (unpaired) electrons. The van der Waals surface area contributed by atoms with Crippen molar-refractivity contribution in [2.45, 2.75) is 50.9 Å². The van der Waals surface area contributed by atoms with Crippen LogP contribution in [0.5, 0.6) is 0 Å². The molecule has 0 saturated heterocycles. The third-order valence-corrected chi connectivity index (χ3v) is 2.47. The zero-order valence-corrected chi connectivity index (χ0v) is 8.53. The van der Waals surface area contributed by atoms with E-state index in [0.29, 0.717) is 12.7 Å². The van der Waals surface area contributed by atoms with Crippen molar-refractivity contribution in [2.75, 3.05) is 13.7 Å². The van der Waals surface area contributed by atoms with E-state index in [-0.39, 0.29) is 12.2 Å². The topological polar surface area (TPSA) is 38.7 Å². The molecule has 1 fully saturated rings. The minimum absolute atomic E-state index is 0.0995. The molecule has 0 aromatic rings. The van der Waals surface area contributed by atoms with Crippen LogP contribution in [0.1, 0.15) is 32.6 Å². The Balaban J connectivity index is 2.14. The number of aliphatic hydroxyl groups excluding tert-OH is 1. The van der Waals surface area contributed by atoms with Gasteiger partial charge in [-0.3, -0.25) is 0 Å². The van der Waals surface area contributed by atoms with Crippen molar-refractivity contribution in [1.29, 1.82) is 0 Å². The minimum atomic E-state index is -0.0995. The smallest absolute Gasteiger partial charge is 0.0784 e. The van der Waals surface area contributed by atoms with Crippen LogP contribution >= 0.6 is 0 Å². The maximum absolute atomic E-state index is 9.28. The first-order chi connectivity index (χ1) is 6.22. The molecule has 78 valence electrons. The Kier molecular flexibility index (Phi) is 4.70. The van der Waals surface area contributed by atoms with Crippen molar-refractivity contribution in [3.05, 3.63) is 0 Å². The summed E-state index contributed by atoms with van der Waals surface area (Å²) in [6.07, 6.45) is 4.12. The Morgan fingerprint density at radius 3 is 2.46 bits per heavy atom. The Morgan fingerprint density at radius 2 is 1.92 bits per heavy atom. The number of ether oxygens (including phenoxy) is 2. The molecule has 0 heterocycles. The zero-order valence-electron chi connectivity index (χ0n) is 8.53. The highest BCUT2D eigenvalue weighted by atomic mass is 16.5. The normalized spacial score (nSPS) is 31.6. The van der Waals surface area contributed by atoms with Gasteiger partial charge in [0.1, 0.15) is 0 Å². The molecule has 0 spiro atoms. The van der Waals surface area contributed by atoms with E-state index in [0.717, 1.165) is 25.7 Å². The lowest BCUT2D eigenvalue weighted by molar-refractivity contribution is -0.0647. The maximum atomic E-state index is 9.28. The maximum Gasteiger partial charge on any atom is 0.0784 e. The highest BCUT2D eigenvalue weighted by molar-refractivity contribution is 4.72. The molecule has 1 N–H and O–H groups in total. The predicted octanol–water partition coefficient (Wildman–Crippen LogP) is 1.34. The summed E-state index contributed by atoms with van der Waals surface area (Å²) in [6.45, 7) is 2.67. The molecule has 0 aromatic heterocycles. The highest BCUT2D eigenvalue weighted by Crippen LogP contribution is 2.21. The zero-order chi connectivity index (χ0) is 9.68. The van der Waals surface area contributed by atoms with E-state index in [1.165, 1.54) is 0 Å². The van der Waals surface area contributed by atoms with Gasteiger partial charge in [0.2, 0.25) is 0 Å². The van der Waals surface area contributed by atoms with Crippen LogP contribution in [0.25, 0.3) is 0 Å². The molecule has 1 rings (SSSR count). The average Bonchev–Trinajstić information content (AvgIpc) is 2.09. The van der Waals surface area contributed by atoms with Crippen LogP contribution in [0.3, 0.4) is 0 Å². The second kappa shape index (κ2) is 5.58. The van der Waals surface area contributed by atoms with E-state index in [1.54, 1.807) is 7.11 Å². The fraction of sp³-hybridized carbons (Fsp3) is 1.00. The first-order valence-electron chi connectivity index (χ1n) is 5.05. The first kappa shape index (κ1) is 11.0. The lowest BCUT2D eigenvalue weighted by Gasteiger charge is -2.27. The number of hydrogen-bond donors (Lipinski definition) is 1. The van der Waals surface area contributed by atoms with Gasteiger partial charge in [-0.1, -0.05) is 0 Å². The van der Waals surface area contributed by atoms with E-state index in [9.17, 15) is 5.11 Å². The monoisotopic (exact) mass is 188 g/mol. The summed E-state index contributed by atoms with van der Waals surface area (Å²) >= 11 is 0. The lowest BCUT2D eigenvalue weighted by atomic mass is 9.95. The van der Waals surface area contributed by atoms with Gasteiger partial charge < -0.3 is 14.6 Å². The van der Waals surface area contributed by atoms with Crippen LogP contribution in [0.4, 0.5) is 0 Å². The summed E-state index contributed by atoms with van der Waals surface area (Å²) in [5.74, 6) is 0. The van der Waals surface area contributed by atoms with Crippen LogP contribution in [0, 0.1) is 0 Å². The summed E-state index contributed by atoms with van der Waals surface area (Å²) < 4.78 is 10.7. The van der Waals surface area contributed by atoms with Gasteiger partial charge >= 0.3 is 0 Å². The molecule has 0 aliphatic heterocycles. The summed E-state index contributed by atoms with van der Waals surface area (Å²) in [6, 6.07) is 0. The van der Waals surface area contributed by atoms with Gasteiger partial charge in [-0.05, 0) is 32.6 Å². The van der Waals surface area contributed by atoms with E-state index in [1.807, 2.05) is 6.92 Å². The molecule has 13 heavy (non-hydrogen) atoms. The molecular formula is C10H20O3. The standard InChI is InChI=1S/C10H20O3/c1-8(7-12-2)13-10-5-3-9(11)4-6-10/h8-11H,3-7H2,1-2H3. The number of aliphatic hydroxyl groups is 1. The third kappa shape index (κ3) is 4.07. The Hall–Kier alpha value is -0.120. The van der Waals surface area contributed by atoms with Crippen molar-refractivity contribution in [2.24, 2.45) is 0 Å². The SMILES string of the molecule is COCC(C)OC1CCC(O)CC1. The Labute approximate surface area is 80.0 Å². The molecule has 1 saturated carbocycles. The molecule has 0 aromatic carbocycles. The van der Waals surface area contributed by atoms with E-state index in [4.69, 9.17) is 9.47 Å². The number of methoxy groups -OCH3 is 1. The molecule has 1 atom stereocenters. The van der Waals surface area contributed by atoms with Crippen LogP contribution < -0.4 is 0 Å². The molecule has 0 bridgehead atoms. The third-order valence-electron chi connectivity index (χ3n) is 2.47. The van der Waals surface area contributed by atoms with Crippen LogP contribution in [-0.4, -0.2) is 37.1 Å². The number of rotatable bonds is 4. The largest absolute Gasteiger partial charge is 0.393 e. The van der Waals surface area contributed by atoms with Gasteiger partial charge in [-0.15, -0.1) is 0 Å². The minimum Gasteiger partial charge on any atom is -0.393 e. The van der Waals surface area contributed by atoms with E-state index >= 15 is 0 Å². The van der Waals surface area contributed by atoms with Crippen LogP contribution in [0.2, 0.25) is 0 Å². The van der Waals surface area contributed by atoms with E-state index < -0.39 is 0 Å². The average molecular weight is 188 g/mol. The fourth-order valence-corrected chi connectivity index (χ4v) is 1.78. The summed E-state index contributed by atoms with van der Waals surface area (Å²) in [4.78, 5) is 0. The van der Waals surface area contributed by atoms with Crippen molar-refractivity contribution in [1.82, 2.24) is 0 Å². The lowest BCUT2D eigenvalue weighted by Crippen LogP contribution is -2.29. The second-order valence-electron chi connectivity index (χ2n) is 3.83. The molecule has 3 nitrogen and oxygen atoms in total. The first-order valence-corrected chi connectivity index (χ1v) is 5.05. The van der Waals surface area contributed by atoms with Crippen LogP contribution in [-0.2, 0) is 9.47 Å². The van der Waals surface area contributed by atoms with Gasteiger partial charge in [0.15, 0.2) is 0 Å². The molecule has 1 unspecified atom stereocenters. The summed E-state index contributed by atoms with van der Waals surface area (Å²) in [7, 11) is 1.69. The van der Waals surface area contributed by atoms with Gasteiger partial charge in [0.05, 0.1) is 24.9 Å². The molecule has 0 amide bonds.